The minimum Gasteiger partial charge on any atom is -0.493 e. The second kappa shape index (κ2) is 9.10. The number of hydrogen-bond donors (Lipinski definition) is 2. The van der Waals surface area contributed by atoms with Crippen molar-refractivity contribution >= 4 is 35.8 Å². The summed E-state index contributed by atoms with van der Waals surface area (Å²) < 4.78 is 5.64. The van der Waals surface area contributed by atoms with E-state index in [2.05, 4.69) is 16.4 Å². The van der Waals surface area contributed by atoms with E-state index in [0.717, 1.165) is 43.7 Å². The van der Waals surface area contributed by atoms with Gasteiger partial charge in [0.05, 0.1) is 12.6 Å². The molecule has 1 unspecified atom stereocenters. The molecule has 1 fully saturated rings. The molecule has 1 atom stereocenters. The zero-order valence-electron chi connectivity index (χ0n) is 13.7. The molecule has 0 aromatic heterocycles. The van der Waals surface area contributed by atoms with Crippen LogP contribution in [-0.4, -0.2) is 43.0 Å². The molecule has 3 rings (SSSR count). The molecule has 1 saturated heterocycles. The van der Waals surface area contributed by atoms with Crippen LogP contribution in [0.5, 0.6) is 5.75 Å². The van der Waals surface area contributed by atoms with Gasteiger partial charge in [-0.3, -0.25) is 9.79 Å². The topological polar surface area (TPSA) is 80.0 Å². The summed E-state index contributed by atoms with van der Waals surface area (Å²) >= 11 is 0. The standard InChI is InChI=1S/C17H24N4O2.HI/c18-17(19-9-4-11-21-10-3-7-16(21)22)20-14-8-12-23-15-6-2-1-5-13(14)15;/h1-2,5-6,14H,3-4,7-12H2,(H3,18,19,20);1H. The highest BCUT2D eigenvalue weighted by Crippen LogP contribution is 2.31. The molecule has 24 heavy (non-hydrogen) atoms. The number of aliphatic imine (C=N–C) groups is 1. The van der Waals surface area contributed by atoms with Crippen LogP contribution < -0.4 is 15.8 Å². The summed E-state index contributed by atoms with van der Waals surface area (Å²) in [5.74, 6) is 1.63. The predicted octanol–water partition coefficient (Wildman–Crippen LogP) is 2.04. The lowest BCUT2D eigenvalue weighted by atomic mass is 10.0. The van der Waals surface area contributed by atoms with E-state index in [0.29, 0.717) is 25.5 Å². The maximum Gasteiger partial charge on any atom is 0.222 e. The summed E-state index contributed by atoms with van der Waals surface area (Å²) in [6.45, 7) is 2.97. The fraction of sp³-hybridized carbons (Fsp3) is 0.529. The van der Waals surface area contributed by atoms with Crippen LogP contribution in [0.1, 0.15) is 37.3 Å². The number of carbonyl (C=O) groups excluding carboxylic acids is 1. The number of carbonyl (C=O) groups is 1. The van der Waals surface area contributed by atoms with Crippen molar-refractivity contribution in [2.45, 2.75) is 31.7 Å². The van der Waals surface area contributed by atoms with Crippen LogP contribution in [0, 0.1) is 0 Å². The van der Waals surface area contributed by atoms with Crippen LogP contribution in [0.4, 0.5) is 0 Å². The number of ether oxygens (including phenoxy) is 1. The number of guanidine groups is 1. The first-order chi connectivity index (χ1) is 11.2. The quantitative estimate of drug-likeness (QED) is 0.315. The van der Waals surface area contributed by atoms with E-state index in [9.17, 15) is 4.79 Å². The van der Waals surface area contributed by atoms with Gasteiger partial charge >= 0.3 is 0 Å². The molecule has 0 spiro atoms. The number of para-hydroxylation sites is 1. The van der Waals surface area contributed by atoms with Gasteiger partial charge in [-0.25, -0.2) is 0 Å². The molecule has 3 N–H and O–H groups in total. The number of nitrogens with one attached hydrogen (secondary N) is 1. The minimum atomic E-state index is 0. The summed E-state index contributed by atoms with van der Waals surface area (Å²) in [5.41, 5.74) is 7.13. The van der Waals surface area contributed by atoms with E-state index < -0.39 is 0 Å². The first-order valence-corrected chi connectivity index (χ1v) is 8.30. The van der Waals surface area contributed by atoms with Crippen LogP contribution in [0.15, 0.2) is 29.3 Å². The van der Waals surface area contributed by atoms with Crippen LogP contribution in [0.25, 0.3) is 0 Å². The number of benzene rings is 1. The van der Waals surface area contributed by atoms with Crippen molar-refractivity contribution in [3.63, 3.8) is 0 Å². The molecule has 6 nitrogen and oxygen atoms in total. The molecule has 1 aromatic carbocycles. The van der Waals surface area contributed by atoms with Crippen molar-refractivity contribution in [2.24, 2.45) is 10.7 Å². The Morgan fingerprint density at radius 2 is 2.25 bits per heavy atom. The first kappa shape index (κ1) is 18.8. The van der Waals surface area contributed by atoms with Crippen LogP contribution >= 0.6 is 24.0 Å². The molecule has 0 aliphatic carbocycles. The first-order valence-electron chi connectivity index (χ1n) is 8.30. The molecular formula is C17H25IN4O2. The smallest absolute Gasteiger partial charge is 0.222 e. The molecule has 0 saturated carbocycles. The Balaban J connectivity index is 0.00000208. The maximum absolute atomic E-state index is 11.5. The lowest BCUT2D eigenvalue weighted by molar-refractivity contribution is -0.127. The molecule has 0 radical (unpaired) electrons. The third kappa shape index (κ3) is 4.75. The van der Waals surface area contributed by atoms with Crippen LogP contribution in [-0.2, 0) is 4.79 Å². The van der Waals surface area contributed by atoms with Gasteiger partial charge in [0.1, 0.15) is 5.75 Å². The second-order valence-corrected chi connectivity index (χ2v) is 5.98. The van der Waals surface area contributed by atoms with Crippen molar-refractivity contribution < 1.29 is 9.53 Å². The lowest BCUT2D eigenvalue weighted by Crippen LogP contribution is -2.37. The Labute approximate surface area is 159 Å². The van der Waals surface area contributed by atoms with E-state index >= 15 is 0 Å². The number of halogens is 1. The Morgan fingerprint density at radius 1 is 1.42 bits per heavy atom. The lowest BCUT2D eigenvalue weighted by Gasteiger charge is -2.27. The average molecular weight is 444 g/mol. The van der Waals surface area contributed by atoms with Gasteiger partial charge in [0, 0.05) is 38.0 Å². The summed E-state index contributed by atoms with van der Waals surface area (Å²) in [6.07, 6.45) is 3.39. The van der Waals surface area contributed by atoms with Crippen molar-refractivity contribution in [3.05, 3.63) is 29.8 Å². The number of rotatable bonds is 5. The van der Waals surface area contributed by atoms with Gasteiger partial charge in [0.15, 0.2) is 5.96 Å². The van der Waals surface area contributed by atoms with Crippen molar-refractivity contribution in [1.29, 1.82) is 0 Å². The van der Waals surface area contributed by atoms with Gasteiger partial charge in [-0.1, -0.05) is 18.2 Å². The number of likely N-dealkylation sites (tertiary alicyclic amines) is 1. The Hall–Kier alpha value is -1.51. The monoisotopic (exact) mass is 444 g/mol. The van der Waals surface area contributed by atoms with Crippen LogP contribution in [0.2, 0.25) is 0 Å². The second-order valence-electron chi connectivity index (χ2n) is 5.98. The molecule has 7 heteroatoms. The molecule has 1 amide bonds. The van der Waals surface area contributed by atoms with E-state index in [1.807, 2.05) is 23.1 Å². The Morgan fingerprint density at radius 3 is 3.04 bits per heavy atom. The zero-order valence-corrected chi connectivity index (χ0v) is 16.1. The van der Waals surface area contributed by atoms with E-state index in [1.54, 1.807) is 0 Å². The fourth-order valence-corrected chi connectivity index (χ4v) is 3.12. The molecule has 2 aliphatic heterocycles. The molecule has 2 heterocycles. The highest BCUT2D eigenvalue weighted by Gasteiger charge is 2.21. The average Bonchev–Trinajstić information content (AvgIpc) is 2.97. The van der Waals surface area contributed by atoms with Gasteiger partial charge in [-0.15, -0.1) is 24.0 Å². The summed E-state index contributed by atoms with van der Waals surface area (Å²) in [5, 5.41) is 3.28. The Bertz CT molecular complexity index is 594. The van der Waals surface area contributed by atoms with Gasteiger partial charge in [-0.05, 0) is 18.9 Å². The van der Waals surface area contributed by atoms with Gasteiger partial charge in [0.25, 0.3) is 0 Å². The normalized spacial score (nSPS) is 20.2. The molecule has 1 aromatic rings. The predicted molar refractivity (Wildman–Crippen MR) is 105 cm³/mol. The maximum atomic E-state index is 11.5. The summed E-state index contributed by atoms with van der Waals surface area (Å²) in [4.78, 5) is 17.8. The van der Waals surface area contributed by atoms with Crippen molar-refractivity contribution in [1.82, 2.24) is 10.2 Å². The molecule has 132 valence electrons. The highest BCUT2D eigenvalue weighted by molar-refractivity contribution is 14.0. The van der Waals surface area contributed by atoms with E-state index in [-0.39, 0.29) is 35.9 Å². The van der Waals surface area contributed by atoms with Gasteiger partial charge in [-0.2, -0.15) is 0 Å². The largest absolute Gasteiger partial charge is 0.493 e. The number of fused-ring (bicyclic) bond motifs is 1. The van der Waals surface area contributed by atoms with Gasteiger partial charge in [0.2, 0.25) is 5.91 Å². The minimum absolute atomic E-state index is 0. The third-order valence-corrected chi connectivity index (χ3v) is 4.32. The van der Waals surface area contributed by atoms with Crippen molar-refractivity contribution in [3.8, 4) is 5.75 Å². The number of hydrogen-bond acceptors (Lipinski definition) is 3. The highest BCUT2D eigenvalue weighted by atomic mass is 127. The van der Waals surface area contributed by atoms with Gasteiger partial charge < -0.3 is 20.7 Å². The fourth-order valence-electron chi connectivity index (χ4n) is 3.12. The van der Waals surface area contributed by atoms with E-state index in [4.69, 9.17) is 10.5 Å². The van der Waals surface area contributed by atoms with Crippen LogP contribution in [0.3, 0.4) is 0 Å². The number of nitrogens with two attached hydrogens (primary N) is 1. The molecular weight excluding hydrogens is 419 g/mol. The van der Waals surface area contributed by atoms with E-state index in [1.165, 1.54) is 0 Å². The number of nitrogens with zero attached hydrogens (tertiary/aromatic N) is 2. The number of amides is 1. The summed E-state index contributed by atoms with van der Waals surface area (Å²) in [7, 11) is 0. The molecule has 0 bridgehead atoms. The Kier molecular flexibility index (Phi) is 7.14. The zero-order chi connectivity index (χ0) is 16.1. The third-order valence-electron chi connectivity index (χ3n) is 4.32. The molecule has 2 aliphatic rings. The summed E-state index contributed by atoms with van der Waals surface area (Å²) in [6, 6.07) is 8.15. The SMILES string of the molecule is I.NC(=NCCCN1CCCC1=O)NC1CCOc2ccccc21. The van der Waals surface area contributed by atoms with Crippen molar-refractivity contribution in [2.75, 3.05) is 26.2 Å².